The highest BCUT2D eigenvalue weighted by Crippen LogP contribution is 2.16. The lowest BCUT2D eigenvalue weighted by atomic mass is 10.1. The van der Waals surface area contributed by atoms with Crippen molar-refractivity contribution in [2.24, 2.45) is 5.92 Å². The fraction of sp³-hybridized carbons (Fsp3) is 0.400. The number of carbonyl (C=O) groups is 1. The van der Waals surface area contributed by atoms with Gasteiger partial charge in [0.25, 0.3) is 0 Å². The number of carboxylic acids is 1. The van der Waals surface area contributed by atoms with Gasteiger partial charge in [-0.15, -0.1) is 5.10 Å². The highest BCUT2D eigenvalue weighted by molar-refractivity contribution is 5.86. The third-order valence-electron chi connectivity index (χ3n) is 3.13. The summed E-state index contributed by atoms with van der Waals surface area (Å²) in [4.78, 5) is 11.2. The van der Waals surface area contributed by atoms with E-state index in [1.54, 1.807) is 11.8 Å². The van der Waals surface area contributed by atoms with E-state index >= 15 is 0 Å². The summed E-state index contributed by atoms with van der Waals surface area (Å²) in [5.41, 5.74) is 1.72. The second-order valence-electron chi connectivity index (χ2n) is 5.29. The van der Waals surface area contributed by atoms with E-state index in [-0.39, 0.29) is 5.69 Å². The molecule has 6 nitrogen and oxygen atoms in total. The number of benzene rings is 1. The number of rotatable bonds is 6. The molecule has 1 aromatic heterocycles. The molecule has 0 saturated carbocycles. The molecule has 1 aromatic carbocycles. The van der Waals surface area contributed by atoms with Gasteiger partial charge in [-0.1, -0.05) is 31.2 Å². The zero-order valence-electron chi connectivity index (χ0n) is 12.4. The topological polar surface area (TPSA) is 77.2 Å². The number of aromatic nitrogens is 3. The van der Waals surface area contributed by atoms with Crippen LogP contribution in [0.1, 0.15) is 35.6 Å². The van der Waals surface area contributed by atoms with Gasteiger partial charge in [0.15, 0.2) is 5.69 Å². The minimum atomic E-state index is -1.04. The van der Waals surface area contributed by atoms with Gasteiger partial charge in [0.1, 0.15) is 5.75 Å². The highest BCUT2D eigenvalue weighted by atomic mass is 16.5. The van der Waals surface area contributed by atoms with Gasteiger partial charge < -0.3 is 9.84 Å². The zero-order valence-corrected chi connectivity index (χ0v) is 12.4. The van der Waals surface area contributed by atoms with Crippen LogP contribution in [0, 0.1) is 5.92 Å². The Morgan fingerprint density at radius 2 is 2.00 bits per heavy atom. The number of carboxylic acid groups (broad SMARTS) is 1. The Balaban J connectivity index is 2.27. The maximum atomic E-state index is 11.2. The first-order chi connectivity index (χ1) is 10.0. The number of hydrogen-bond acceptors (Lipinski definition) is 4. The van der Waals surface area contributed by atoms with Crippen molar-refractivity contribution in [1.29, 1.82) is 0 Å². The zero-order chi connectivity index (χ0) is 15.4. The van der Waals surface area contributed by atoms with Crippen molar-refractivity contribution in [3.63, 3.8) is 0 Å². The summed E-state index contributed by atoms with van der Waals surface area (Å²) in [6.45, 7) is 4.57. The largest absolute Gasteiger partial charge is 0.497 e. The van der Waals surface area contributed by atoms with Crippen LogP contribution < -0.4 is 4.74 Å². The number of aromatic carboxylic acids is 1. The molecule has 0 fully saturated rings. The van der Waals surface area contributed by atoms with Gasteiger partial charge in [-0.2, -0.15) is 0 Å². The number of ether oxygens (including phenoxy) is 1. The summed E-state index contributed by atoms with van der Waals surface area (Å²) in [6, 6.07) is 7.60. The molecule has 0 aliphatic carbocycles. The summed E-state index contributed by atoms with van der Waals surface area (Å²) < 4.78 is 6.78. The Hall–Kier alpha value is -2.37. The lowest BCUT2D eigenvalue weighted by Crippen LogP contribution is -2.11. The molecule has 1 heterocycles. The fourth-order valence-corrected chi connectivity index (χ4v) is 2.12. The molecule has 0 spiro atoms. The summed E-state index contributed by atoms with van der Waals surface area (Å²) >= 11 is 0. The minimum absolute atomic E-state index is 0.0391. The van der Waals surface area contributed by atoms with E-state index in [1.165, 1.54) is 0 Å². The smallest absolute Gasteiger partial charge is 0.358 e. The van der Waals surface area contributed by atoms with Gasteiger partial charge in [-0.3, -0.25) is 0 Å². The van der Waals surface area contributed by atoms with Crippen LogP contribution in [0.5, 0.6) is 5.75 Å². The molecule has 0 amide bonds. The minimum Gasteiger partial charge on any atom is -0.497 e. The molecule has 0 radical (unpaired) electrons. The first-order valence-corrected chi connectivity index (χ1v) is 6.79. The van der Waals surface area contributed by atoms with E-state index in [0.717, 1.165) is 11.3 Å². The lowest BCUT2D eigenvalue weighted by molar-refractivity contribution is 0.0689. The van der Waals surface area contributed by atoms with Gasteiger partial charge in [-0.25, -0.2) is 9.48 Å². The Bertz CT molecular complexity index is 618. The Labute approximate surface area is 123 Å². The Morgan fingerprint density at radius 3 is 2.52 bits per heavy atom. The van der Waals surface area contributed by atoms with Gasteiger partial charge in [0.2, 0.25) is 0 Å². The molecule has 0 saturated heterocycles. The van der Waals surface area contributed by atoms with Crippen LogP contribution in [0.2, 0.25) is 0 Å². The molecule has 0 aliphatic rings. The lowest BCUT2D eigenvalue weighted by Gasteiger charge is -2.09. The summed E-state index contributed by atoms with van der Waals surface area (Å²) in [5, 5.41) is 17.0. The molecule has 112 valence electrons. The third kappa shape index (κ3) is 3.59. The molecule has 6 heteroatoms. The average molecular weight is 289 g/mol. The van der Waals surface area contributed by atoms with Crippen molar-refractivity contribution in [2.45, 2.75) is 26.8 Å². The average Bonchev–Trinajstić information content (AvgIpc) is 2.82. The molecule has 2 rings (SSSR count). The highest BCUT2D eigenvalue weighted by Gasteiger charge is 2.19. The van der Waals surface area contributed by atoms with Crippen LogP contribution in [0.4, 0.5) is 0 Å². The first-order valence-electron chi connectivity index (χ1n) is 6.79. The molecular formula is C15H19N3O3. The fourth-order valence-electron chi connectivity index (χ4n) is 2.12. The maximum Gasteiger partial charge on any atom is 0.358 e. The molecule has 2 aromatic rings. The van der Waals surface area contributed by atoms with Crippen LogP contribution in [0.15, 0.2) is 24.3 Å². The quantitative estimate of drug-likeness (QED) is 0.882. The normalized spacial score (nSPS) is 10.9. The summed E-state index contributed by atoms with van der Waals surface area (Å²) in [7, 11) is 1.62. The number of nitrogens with zero attached hydrogens (tertiary/aromatic N) is 3. The predicted octanol–water partition coefficient (Wildman–Crippen LogP) is 2.23. The van der Waals surface area contributed by atoms with Gasteiger partial charge in [0.05, 0.1) is 19.3 Å². The van der Waals surface area contributed by atoms with E-state index < -0.39 is 5.97 Å². The standard InChI is InChI=1S/C15H19N3O3/c1-10(2)8-13-14(15(19)20)16-17-18(13)9-11-4-6-12(21-3)7-5-11/h4-7,10H,8-9H2,1-3H3,(H,19,20). The Morgan fingerprint density at radius 1 is 1.33 bits per heavy atom. The third-order valence-corrected chi connectivity index (χ3v) is 3.13. The van der Waals surface area contributed by atoms with Crippen LogP contribution >= 0.6 is 0 Å². The molecule has 0 unspecified atom stereocenters. The van der Waals surface area contributed by atoms with Crippen LogP contribution in [0.3, 0.4) is 0 Å². The maximum absolute atomic E-state index is 11.2. The number of methoxy groups -OCH3 is 1. The summed E-state index contributed by atoms with van der Waals surface area (Å²) in [6.07, 6.45) is 0.630. The SMILES string of the molecule is COc1ccc(Cn2nnc(C(=O)O)c2CC(C)C)cc1. The summed E-state index contributed by atoms with van der Waals surface area (Å²) in [5.74, 6) is 0.0776. The van der Waals surface area contributed by atoms with E-state index in [0.29, 0.717) is 24.6 Å². The molecule has 0 bridgehead atoms. The van der Waals surface area contributed by atoms with Crippen molar-refractivity contribution in [2.75, 3.05) is 7.11 Å². The molecule has 21 heavy (non-hydrogen) atoms. The first kappa shape index (κ1) is 15.0. The monoisotopic (exact) mass is 289 g/mol. The van der Waals surface area contributed by atoms with Gasteiger partial charge in [-0.05, 0) is 30.0 Å². The second-order valence-corrected chi connectivity index (χ2v) is 5.29. The molecule has 1 N–H and O–H groups in total. The molecular weight excluding hydrogens is 270 g/mol. The predicted molar refractivity (Wildman–Crippen MR) is 77.6 cm³/mol. The molecule has 0 aliphatic heterocycles. The van der Waals surface area contributed by atoms with E-state index in [1.807, 2.05) is 38.1 Å². The van der Waals surface area contributed by atoms with Crippen LogP contribution in [-0.2, 0) is 13.0 Å². The van der Waals surface area contributed by atoms with Crippen molar-refractivity contribution >= 4 is 5.97 Å². The van der Waals surface area contributed by atoms with Gasteiger partial charge in [0, 0.05) is 0 Å². The Kier molecular flexibility index (Phi) is 4.57. The van der Waals surface area contributed by atoms with E-state index in [4.69, 9.17) is 4.74 Å². The second kappa shape index (κ2) is 6.39. The van der Waals surface area contributed by atoms with Crippen molar-refractivity contribution in [1.82, 2.24) is 15.0 Å². The van der Waals surface area contributed by atoms with E-state index in [2.05, 4.69) is 10.3 Å². The van der Waals surface area contributed by atoms with E-state index in [9.17, 15) is 9.90 Å². The van der Waals surface area contributed by atoms with Crippen LogP contribution in [-0.4, -0.2) is 33.2 Å². The number of hydrogen-bond donors (Lipinski definition) is 1. The molecule has 0 atom stereocenters. The van der Waals surface area contributed by atoms with Crippen molar-refractivity contribution in [3.05, 3.63) is 41.2 Å². The van der Waals surface area contributed by atoms with Crippen LogP contribution in [0.25, 0.3) is 0 Å². The van der Waals surface area contributed by atoms with Crippen molar-refractivity contribution < 1.29 is 14.6 Å². The van der Waals surface area contributed by atoms with Gasteiger partial charge >= 0.3 is 5.97 Å². The van der Waals surface area contributed by atoms with Crippen molar-refractivity contribution in [3.8, 4) is 5.75 Å².